The quantitative estimate of drug-likeness (QED) is 0.0285. The van der Waals surface area contributed by atoms with Crippen LogP contribution in [0.5, 0.6) is 0 Å². The zero-order chi connectivity index (χ0) is 34.7. The highest BCUT2D eigenvalue weighted by atomic mass is 31.2. The Morgan fingerprint density at radius 2 is 1.04 bits per heavy atom. The second-order valence-electron chi connectivity index (χ2n) is 12.8. The van der Waals surface area contributed by atoms with Crippen LogP contribution in [0.4, 0.5) is 0 Å². The first-order chi connectivity index (χ1) is 22.8. The molecule has 0 spiro atoms. The van der Waals surface area contributed by atoms with Crippen LogP contribution in [-0.2, 0) is 32.7 Å². The van der Waals surface area contributed by atoms with E-state index in [2.05, 4.69) is 26.0 Å². The van der Waals surface area contributed by atoms with Crippen LogP contribution < -0.4 is 5.73 Å². The smallest absolute Gasteiger partial charge is 0.462 e. The van der Waals surface area contributed by atoms with E-state index in [4.69, 9.17) is 24.3 Å². The Labute approximate surface area is 288 Å². The van der Waals surface area contributed by atoms with Gasteiger partial charge < -0.3 is 20.1 Å². The van der Waals surface area contributed by atoms with Crippen LogP contribution in [0, 0.1) is 0 Å². The highest BCUT2D eigenvalue weighted by Gasteiger charge is 2.25. The van der Waals surface area contributed by atoms with E-state index in [-0.39, 0.29) is 38.6 Å². The minimum atomic E-state index is -4.37. The number of hydrogen-bond acceptors (Lipinski definition) is 8. The number of phosphoric acid groups is 1. The van der Waals surface area contributed by atoms with Gasteiger partial charge in [-0.3, -0.25) is 18.6 Å². The van der Waals surface area contributed by atoms with Crippen molar-refractivity contribution in [3.8, 4) is 0 Å². The average Bonchev–Trinajstić information content (AvgIpc) is 3.05. The van der Waals surface area contributed by atoms with Crippen molar-refractivity contribution in [1.29, 1.82) is 0 Å². The molecule has 0 aliphatic heterocycles. The monoisotopic (exact) mass is 689 g/mol. The average molecular weight is 690 g/mol. The fourth-order valence-corrected chi connectivity index (χ4v) is 6.04. The number of phosphoric ester groups is 1. The summed E-state index contributed by atoms with van der Waals surface area (Å²) in [5.74, 6) is -0.834. The minimum Gasteiger partial charge on any atom is -0.462 e. The van der Waals surface area contributed by atoms with Gasteiger partial charge in [0.25, 0.3) is 0 Å². The summed E-state index contributed by atoms with van der Waals surface area (Å²) >= 11 is 0. The fourth-order valence-electron chi connectivity index (χ4n) is 5.28. The zero-order valence-corrected chi connectivity index (χ0v) is 31.2. The lowest BCUT2D eigenvalue weighted by atomic mass is 10.0. The summed E-state index contributed by atoms with van der Waals surface area (Å²) in [5, 5.41) is 0. The first-order valence-corrected chi connectivity index (χ1v) is 20.7. The molecule has 0 aromatic carbocycles. The van der Waals surface area contributed by atoms with Crippen LogP contribution >= 0.6 is 7.82 Å². The second kappa shape index (κ2) is 34.6. The van der Waals surface area contributed by atoms with E-state index >= 15 is 0 Å². The van der Waals surface area contributed by atoms with Gasteiger partial charge in [-0.2, -0.15) is 0 Å². The van der Waals surface area contributed by atoms with E-state index in [1.807, 2.05) is 0 Å². The normalized spacial score (nSPS) is 13.5. The van der Waals surface area contributed by atoms with E-state index in [1.165, 1.54) is 96.3 Å². The van der Waals surface area contributed by atoms with E-state index in [1.54, 1.807) is 0 Å². The van der Waals surface area contributed by atoms with Crippen LogP contribution in [0.2, 0.25) is 0 Å². The third-order valence-electron chi connectivity index (χ3n) is 8.15. The molecule has 2 unspecified atom stereocenters. The summed E-state index contributed by atoms with van der Waals surface area (Å²) in [7, 11) is -4.37. The third-order valence-corrected chi connectivity index (χ3v) is 9.14. The first-order valence-electron chi connectivity index (χ1n) is 19.2. The number of unbranched alkanes of at least 4 members (excludes halogenated alkanes) is 21. The molecule has 10 heteroatoms. The molecule has 3 N–H and O–H groups in total. The molecular weight excluding hydrogens is 617 g/mol. The number of esters is 2. The van der Waals surface area contributed by atoms with Crippen LogP contribution in [0.1, 0.15) is 181 Å². The predicted octanol–water partition coefficient (Wildman–Crippen LogP) is 10.3. The largest absolute Gasteiger partial charge is 0.472 e. The lowest BCUT2D eigenvalue weighted by Gasteiger charge is -2.19. The van der Waals surface area contributed by atoms with Gasteiger partial charge in [-0.25, -0.2) is 4.57 Å². The number of nitrogens with two attached hydrogens (primary N) is 1. The predicted molar refractivity (Wildman–Crippen MR) is 192 cm³/mol. The van der Waals surface area contributed by atoms with Crippen molar-refractivity contribution >= 4 is 19.8 Å². The molecule has 0 bridgehead atoms. The molecule has 0 rings (SSSR count). The van der Waals surface area contributed by atoms with Crippen molar-refractivity contribution in [3.05, 3.63) is 12.2 Å². The molecular formula is C37H72NO8P. The number of rotatable bonds is 36. The highest BCUT2D eigenvalue weighted by molar-refractivity contribution is 7.47. The maximum Gasteiger partial charge on any atom is 0.472 e. The standard InChI is InChI=1S/C37H72NO8P/c1-3-5-7-9-11-13-15-17-19-21-23-25-27-29-36(39)43-33-35(34-45-47(41,42)44-32-31-38)46-37(40)30-28-26-24-22-20-18-16-14-12-10-8-6-4-2/h14,16,35H,3-13,15,17-34,38H2,1-2H3,(H,41,42). The number of carbonyl (C=O) groups excluding carboxylic acids is 2. The summed E-state index contributed by atoms with van der Waals surface area (Å²) in [4.78, 5) is 34.7. The van der Waals surface area contributed by atoms with Crippen LogP contribution in [0.15, 0.2) is 12.2 Å². The third kappa shape index (κ3) is 34.4. The molecule has 278 valence electrons. The molecule has 0 radical (unpaired) electrons. The molecule has 0 amide bonds. The highest BCUT2D eigenvalue weighted by Crippen LogP contribution is 2.43. The zero-order valence-electron chi connectivity index (χ0n) is 30.3. The van der Waals surface area contributed by atoms with Gasteiger partial charge in [0, 0.05) is 19.4 Å². The summed E-state index contributed by atoms with van der Waals surface area (Å²) in [5.41, 5.74) is 5.33. The lowest BCUT2D eigenvalue weighted by Crippen LogP contribution is -2.29. The van der Waals surface area contributed by atoms with E-state index in [9.17, 15) is 19.0 Å². The van der Waals surface area contributed by atoms with E-state index < -0.39 is 26.5 Å². The molecule has 9 nitrogen and oxygen atoms in total. The molecule has 0 fully saturated rings. The Morgan fingerprint density at radius 3 is 1.53 bits per heavy atom. The SMILES string of the molecule is CCCCCCC=CCCCCCCCC(=O)OC(COC(=O)CCCCCCCCCCCCCCC)COP(=O)(O)OCCN. The van der Waals surface area contributed by atoms with Crippen LogP contribution in [-0.4, -0.2) is 49.3 Å². The van der Waals surface area contributed by atoms with Crippen molar-refractivity contribution in [2.45, 2.75) is 187 Å². The number of carbonyl (C=O) groups is 2. The molecule has 0 aliphatic rings. The topological polar surface area (TPSA) is 134 Å². The van der Waals surface area contributed by atoms with Gasteiger partial charge in [-0.15, -0.1) is 0 Å². The summed E-state index contributed by atoms with van der Waals surface area (Å²) in [6.07, 6.45) is 32.4. The van der Waals surface area contributed by atoms with Gasteiger partial charge in [0.1, 0.15) is 6.61 Å². The van der Waals surface area contributed by atoms with E-state index in [0.29, 0.717) is 6.42 Å². The molecule has 47 heavy (non-hydrogen) atoms. The Morgan fingerprint density at radius 1 is 0.617 bits per heavy atom. The summed E-state index contributed by atoms with van der Waals surface area (Å²) in [6.45, 7) is 3.70. The van der Waals surface area contributed by atoms with Gasteiger partial charge in [-0.05, 0) is 38.5 Å². The minimum absolute atomic E-state index is 0.0545. The molecule has 0 saturated heterocycles. The Balaban J connectivity index is 4.22. The van der Waals surface area contributed by atoms with Gasteiger partial charge in [0.2, 0.25) is 0 Å². The van der Waals surface area contributed by atoms with Crippen molar-refractivity contribution in [1.82, 2.24) is 0 Å². The number of ether oxygens (including phenoxy) is 2. The summed E-state index contributed by atoms with van der Waals surface area (Å²) < 4.78 is 32.6. The molecule has 0 heterocycles. The molecule has 0 saturated carbocycles. The van der Waals surface area contributed by atoms with Crippen molar-refractivity contribution < 1.29 is 37.6 Å². The Kier molecular flexibility index (Phi) is 33.7. The fraction of sp³-hybridized carbons (Fsp3) is 0.892. The van der Waals surface area contributed by atoms with E-state index in [0.717, 1.165) is 51.4 Å². The van der Waals surface area contributed by atoms with Gasteiger partial charge in [0.15, 0.2) is 6.10 Å². The van der Waals surface area contributed by atoms with Crippen molar-refractivity contribution in [2.75, 3.05) is 26.4 Å². The van der Waals surface area contributed by atoms with Crippen molar-refractivity contribution in [2.24, 2.45) is 5.73 Å². The molecule has 2 atom stereocenters. The van der Waals surface area contributed by atoms with Gasteiger partial charge in [-0.1, -0.05) is 142 Å². The first kappa shape index (κ1) is 45.8. The Bertz CT molecular complexity index is 794. The second-order valence-corrected chi connectivity index (χ2v) is 14.3. The number of allylic oxidation sites excluding steroid dienone is 2. The molecule has 0 aliphatic carbocycles. The van der Waals surface area contributed by atoms with Crippen LogP contribution in [0.25, 0.3) is 0 Å². The Hall–Kier alpha value is -1.25. The molecule has 0 aromatic heterocycles. The summed E-state index contributed by atoms with van der Waals surface area (Å²) in [6, 6.07) is 0. The van der Waals surface area contributed by atoms with Gasteiger partial charge in [0.05, 0.1) is 13.2 Å². The van der Waals surface area contributed by atoms with Gasteiger partial charge >= 0.3 is 19.8 Å². The molecule has 0 aromatic rings. The van der Waals surface area contributed by atoms with Crippen molar-refractivity contribution in [3.63, 3.8) is 0 Å². The van der Waals surface area contributed by atoms with Crippen LogP contribution in [0.3, 0.4) is 0 Å². The maximum absolute atomic E-state index is 12.5. The lowest BCUT2D eigenvalue weighted by molar-refractivity contribution is -0.161. The number of hydrogen-bond donors (Lipinski definition) is 2. The maximum atomic E-state index is 12.5.